The first-order valence-corrected chi connectivity index (χ1v) is 2.06. The van der Waals surface area contributed by atoms with Crippen LogP contribution in [-0.4, -0.2) is 27.9 Å². The first-order valence-electron chi connectivity index (χ1n) is 2.06. The number of rotatable bonds is 4. The highest BCUT2D eigenvalue weighted by atomic mass is 16.5. The molecule has 6 N–H and O–H groups in total. The maximum Gasteiger partial charge on any atom is 0.320 e. The van der Waals surface area contributed by atoms with Crippen molar-refractivity contribution in [1.29, 1.82) is 0 Å². The molecule has 0 saturated carbocycles. The summed E-state index contributed by atoms with van der Waals surface area (Å²) in [7, 11) is 0. The lowest BCUT2D eigenvalue weighted by atomic mass is 10.7. The summed E-state index contributed by atoms with van der Waals surface area (Å²) in [4.78, 5) is 9.84. The Morgan fingerprint density at radius 1 is 1.78 bits per heavy atom. The van der Waals surface area contributed by atoms with Gasteiger partial charge in [0.05, 0.1) is 0 Å². The molecule has 0 unspecified atom stereocenters. The summed E-state index contributed by atoms with van der Waals surface area (Å²) in [5.41, 5.74) is 3.37. The van der Waals surface area contributed by atoms with Gasteiger partial charge in [0.25, 0.3) is 0 Å². The van der Waals surface area contributed by atoms with E-state index in [4.69, 9.17) is 16.2 Å². The maximum absolute atomic E-state index is 9.84. The third-order valence-corrected chi connectivity index (χ3v) is 0.570. The number of carbonyl (C=O) groups is 1. The SMILES string of the molecule is NNN(CC(=O)O)NO. The Balaban J connectivity index is 3.43. The fourth-order valence-corrected chi connectivity index (χ4v) is 0.245. The van der Waals surface area contributed by atoms with E-state index in [2.05, 4.69) is 0 Å². The minimum absolute atomic E-state index is 0.438. The highest BCUT2D eigenvalue weighted by molar-refractivity contribution is 5.68. The molecule has 9 heavy (non-hydrogen) atoms. The summed E-state index contributed by atoms with van der Waals surface area (Å²) in [6, 6.07) is 0. The number of aliphatic carboxylic acids is 1. The second kappa shape index (κ2) is 4.18. The molecule has 54 valence electrons. The van der Waals surface area contributed by atoms with Gasteiger partial charge in [-0.2, -0.15) is 5.53 Å². The van der Waals surface area contributed by atoms with Gasteiger partial charge in [-0.15, -0.1) is 10.7 Å². The van der Waals surface area contributed by atoms with Crippen LogP contribution in [0.3, 0.4) is 0 Å². The van der Waals surface area contributed by atoms with Crippen molar-refractivity contribution in [2.24, 2.45) is 5.84 Å². The van der Waals surface area contributed by atoms with E-state index in [-0.39, 0.29) is 0 Å². The average molecular weight is 136 g/mol. The molecule has 0 aliphatic heterocycles. The van der Waals surface area contributed by atoms with Crippen LogP contribution >= 0.6 is 0 Å². The maximum atomic E-state index is 9.84. The Morgan fingerprint density at radius 2 is 2.33 bits per heavy atom. The zero-order valence-corrected chi connectivity index (χ0v) is 4.53. The van der Waals surface area contributed by atoms with Gasteiger partial charge in [-0.1, -0.05) is 0 Å². The molecule has 0 atom stereocenters. The van der Waals surface area contributed by atoms with Crippen LogP contribution in [0.25, 0.3) is 0 Å². The minimum atomic E-state index is -1.12. The molecule has 0 radical (unpaired) electrons. The Kier molecular flexibility index (Phi) is 3.84. The second-order valence-electron chi connectivity index (χ2n) is 1.21. The number of carboxylic acids is 1. The van der Waals surface area contributed by atoms with E-state index in [1.165, 1.54) is 5.59 Å². The number of nitrogens with two attached hydrogens (primary N) is 1. The zero-order valence-electron chi connectivity index (χ0n) is 4.53. The van der Waals surface area contributed by atoms with Crippen molar-refractivity contribution in [2.75, 3.05) is 6.54 Å². The first-order chi connectivity index (χ1) is 4.20. The quantitative estimate of drug-likeness (QED) is 0.217. The van der Waals surface area contributed by atoms with E-state index in [9.17, 15) is 4.79 Å². The van der Waals surface area contributed by atoms with Crippen LogP contribution in [0.1, 0.15) is 0 Å². The van der Waals surface area contributed by atoms with Crippen molar-refractivity contribution >= 4 is 5.97 Å². The van der Waals surface area contributed by atoms with Gasteiger partial charge in [-0.05, 0) is 0 Å². The predicted octanol–water partition coefficient (Wildman–Crippen LogP) is -2.35. The van der Waals surface area contributed by atoms with Gasteiger partial charge in [0.15, 0.2) is 0 Å². The van der Waals surface area contributed by atoms with Crippen molar-refractivity contribution in [3.8, 4) is 0 Å². The van der Waals surface area contributed by atoms with Crippen molar-refractivity contribution < 1.29 is 15.1 Å². The number of carboxylic acid groups (broad SMARTS) is 1. The van der Waals surface area contributed by atoms with Crippen molar-refractivity contribution in [3.05, 3.63) is 0 Å². The van der Waals surface area contributed by atoms with Gasteiger partial charge in [0.1, 0.15) is 6.54 Å². The molecule has 0 heterocycles. The number of nitrogens with zero attached hydrogens (tertiary/aromatic N) is 1. The number of nitrogens with one attached hydrogen (secondary N) is 2. The minimum Gasteiger partial charge on any atom is -0.480 e. The van der Waals surface area contributed by atoms with Crippen molar-refractivity contribution in [3.63, 3.8) is 0 Å². The van der Waals surface area contributed by atoms with Gasteiger partial charge in [0, 0.05) is 0 Å². The topological polar surface area (TPSA) is 111 Å². The van der Waals surface area contributed by atoms with Crippen LogP contribution in [0.2, 0.25) is 0 Å². The number of hydrogen-bond donors (Lipinski definition) is 5. The van der Waals surface area contributed by atoms with Crippen LogP contribution in [0.4, 0.5) is 0 Å². The Bertz CT molecular complexity index is 91.8. The summed E-state index contributed by atoms with van der Waals surface area (Å²) in [5, 5.41) is 16.8. The van der Waals surface area contributed by atoms with E-state index in [1.807, 2.05) is 5.53 Å². The van der Waals surface area contributed by atoms with Gasteiger partial charge in [0.2, 0.25) is 0 Å². The first kappa shape index (κ1) is 8.27. The highest BCUT2D eigenvalue weighted by Gasteiger charge is 2.03. The Morgan fingerprint density at radius 3 is 2.44 bits per heavy atom. The lowest BCUT2D eigenvalue weighted by Gasteiger charge is -2.13. The number of hydrogen-bond acceptors (Lipinski definition) is 6. The predicted molar refractivity (Wildman–Crippen MR) is 26.6 cm³/mol. The van der Waals surface area contributed by atoms with E-state index < -0.39 is 12.5 Å². The zero-order chi connectivity index (χ0) is 7.28. The molecule has 0 saturated heterocycles. The molecule has 0 aromatic carbocycles. The fraction of sp³-hybridized carbons (Fsp3) is 0.500. The van der Waals surface area contributed by atoms with Crippen LogP contribution in [-0.2, 0) is 4.79 Å². The highest BCUT2D eigenvalue weighted by Crippen LogP contribution is 1.68. The third kappa shape index (κ3) is 3.82. The van der Waals surface area contributed by atoms with E-state index in [0.29, 0.717) is 5.12 Å². The molecule has 0 aromatic heterocycles. The summed E-state index contributed by atoms with van der Waals surface area (Å²) in [5.74, 6) is 3.61. The molecular formula is C2H8N4O3. The fourth-order valence-electron chi connectivity index (χ4n) is 0.245. The van der Waals surface area contributed by atoms with E-state index in [0.717, 1.165) is 0 Å². The van der Waals surface area contributed by atoms with E-state index >= 15 is 0 Å². The molecule has 0 aromatic rings. The molecule has 0 aliphatic rings. The monoisotopic (exact) mass is 136 g/mol. The lowest BCUT2D eigenvalue weighted by molar-refractivity contribution is -0.146. The molecule has 0 amide bonds. The Hall–Kier alpha value is -0.730. The van der Waals surface area contributed by atoms with Crippen molar-refractivity contribution in [2.45, 2.75) is 0 Å². The lowest BCUT2D eigenvalue weighted by Crippen LogP contribution is -2.52. The van der Waals surface area contributed by atoms with Crippen LogP contribution in [0, 0.1) is 0 Å². The summed E-state index contributed by atoms with van der Waals surface area (Å²) < 4.78 is 0. The normalized spacial score (nSPS) is 10.1. The number of hydrazine groups is 3. The molecule has 0 spiro atoms. The standard InChI is InChI=1S/C2H8N4O3/c3-4-6(5-9)1-2(7)8/h4-5,9H,1,3H2,(H,7,8). The molecule has 7 heteroatoms. The van der Waals surface area contributed by atoms with Crippen molar-refractivity contribution in [1.82, 2.24) is 16.2 Å². The summed E-state index contributed by atoms with van der Waals surface area (Å²) in [6.07, 6.45) is 0. The summed E-state index contributed by atoms with van der Waals surface area (Å²) >= 11 is 0. The van der Waals surface area contributed by atoms with E-state index in [1.54, 1.807) is 0 Å². The molecule has 0 bridgehead atoms. The molecule has 0 fully saturated rings. The smallest absolute Gasteiger partial charge is 0.320 e. The molecule has 0 aliphatic carbocycles. The van der Waals surface area contributed by atoms with Gasteiger partial charge >= 0.3 is 5.97 Å². The molecule has 7 nitrogen and oxygen atoms in total. The second-order valence-corrected chi connectivity index (χ2v) is 1.21. The van der Waals surface area contributed by atoms with Gasteiger partial charge in [-0.25, -0.2) is 0 Å². The van der Waals surface area contributed by atoms with Crippen LogP contribution < -0.4 is 17.0 Å². The largest absolute Gasteiger partial charge is 0.480 e. The summed E-state index contributed by atoms with van der Waals surface area (Å²) in [6.45, 7) is -0.438. The Labute approximate surface area is 50.9 Å². The molecule has 0 rings (SSSR count). The molecular weight excluding hydrogens is 128 g/mol. The third-order valence-electron chi connectivity index (χ3n) is 0.570. The van der Waals surface area contributed by atoms with Crippen LogP contribution in [0.5, 0.6) is 0 Å². The van der Waals surface area contributed by atoms with Crippen LogP contribution in [0.15, 0.2) is 0 Å². The average Bonchev–Trinajstić information content (AvgIpc) is 1.82. The van der Waals surface area contributed by atoms with Gasteiger partial charge < -0.3 is 10.3 Å². The van der Waals surface area contributed by atoms with Gasteiger partial charge in [-0.3, -0.25) is 10.6 Å².